The topological polar surface area (TPSA) is 78.9 Å². The Bertz CT molecular complexity index is 804. The molecule has 0 radical (unpaired) electrons. The molecule has 25 heavy (non-hydrogen) atoms. The zero-order chi connectivity index (χ0) is 17.8. The van der Waals surface area contributed by atoms with Crippen molar-refractivity contribution in [3.05, 3.63) is 53.3 Å². The van der Waals surface area contributed by atoms with E-state index >= 15 is 0 Å². The second-order valence-corrected chi connectivity index (χ2v) is 5.74. The number of halogens is 1. The molecule has 2 N–H and O–H groups in total. The van der Waals surface area contributed by atoms with Gasteiger partial charge in [0, 0.05) is 30.4 Å². The number of hydrogen-bond donors (Lipinski definition) is 2. The van der Waals surface area contributed by atoms with Crippen molar-refractivity contribution in [2.45, 2.75) is 12.8 Å². The predicted octanol–water partition coefficient (Wildman–Crippen LogP) is 2.67. The van der Waals surface area contributed by atoms with Crippen LogP contribution in [0.2, 0.25) is 0 Å². The summed E-state index contributed by atoms with van der Waals surface area (Å²) in [6.07, 6.45) is 2.57. The number of carbonyl (C=O) groups is 2. The highest BCUT2D eigenvalue weighted by atomic mass is 19.1. The Hall–Kier alpha value is -3.09. The summed E-state index contributed by atoms with van der Waals surface area (Å²) in [5.74, 6) is -2.13. The smallest absolute Gasteiger partial charge is 0.284 e. The number of nitrogens with zero attached hydrogens (tertiary/aromatic N) is 1. The lowest BCUT2D eigenvalue weighted by Gasteiger charge is -2.18. The first kappa shape index (κ1) is 16.8. The number of anilines is 1. The molecule has 3 rings (SSSR count). The van der Waals surface area contributed by atoms with E-state index in [0.29, 0.717) is 5.75 Å². The van der Waals surface area contributed by atoms with Gasteiger partial charge in [0.25, 0.3) is 5.91 Å². The Kier molecular flexibility index (Phi) is 4.83. The summed E-state index contributed by atoms with van der Waals surface area (Å²) >= 11 is 0. The van der Waals surface area contributed by atoms with E-state index in [1.165, 1.54) is 0 Å². The van der Waals surface area contributed by atoms with Crippen LogP contribution in [0.4, 0.5) is 10.1 Å². The summed E-state index contributed by atoms with van der Waals surface area (Å²) in [5, 5.41) is 9.37. The molecule has 0 bridgehead atoms. The lowest BCUT2D eigenvalue weighted by atomic mass is 10.1. The van der Waals surface area contributed by atoms with E-state index in [9.17, 15) is 19.1 Å². The van der Waals surface area contributed by atoms with Gasteiger partial charge in [-0.1, -0.05) is 6.07 Å². The van der Waals surface area contributed by atoms with Gasteiger partial charge in [-0.05, 0) is 37.1 Å². The van der Waals surface area contributed by atoms with Crippen LogP contribution >= 0.6 is 0 Å². The number of carbonyl (C=O) groups excluding carboxylic acids is 2. The molecule has 0 spiro atoms. The molecule has 1 heterocycles. The van der Waals surface area contributed by atoms with Crippen molar-refractivity contribution in [1.29, 1.82) is 0 Å². The number of amides is 1. The van der Waals surface area contributed by atoms with Gasteiger partial charge in [-0.25, -0.2) is 4.39 Å². The van der Waals surface area contributed by atoms with Crippen LogP contribution in [0.5, 0.6) is 11.5 Å². The molecule has 0 aromatic heterocycles. The Morgan fingerprint density at radius 2 is 2.00 bits per heavy atom. The average molecular weight is 344 g/mol. The molecule has 1 amide bonds. The fourth-order valence-corrected chi connectivity index (χ4v) is 2.72. The molecule has 0 aliphatic carbocycles. The van der Waals surface area contributed by atoms with Crippen LogP contribution in [-0.4, -0.2) is 30.4 Å². The lowest BCUT2D eigenvalue weighted by Crippen LogP contribution is -2.27. The normalized spacial score (nSPS) is 13.6. The number of hydrogen-bond acceptors (Lipinski definition) is 5. The van der Waals surface area contributed by atoms with Gasteiger partial charge in [0.05, 0.1) is 5.56 Å². The zero-order valence-electron chi connectivity index (χ0n) is 13.4. The van der Waals surface area contributed by atoms with Gasteiger partial charge in [0.15, 0.2) is 23.6 Å². The first-order chi connectivity index (χ1) is 12.1. The van der Waals surface area contributed by atoms with Gasteiger partial charge >= 0.3 is 0 Å². The van der Waals surface area contributed by atoms with Crippen LogP contribution in [-0.2, 0) is 0 Å². The second-order valence-electron chi connectivity index (χ2n) is 5.74. The Balaban J connectivity index is 1.69. The van der Waals surface area contributed by atoms with Crippen LogP contribution in [0.1, 0.15) is 33.6 Å². The second kappa shape index (κ2) is 7.21. The number of benzene rings is 2. The highest BCUT2D eigenvalue weighted by molar-refractivity contribution is 5.96. The van der Waals surface area contributed by atoms with E-state index in [0.717, 1.165) is 43.8 Å². The van der Waals surface area contributed by atoms with Crippen molar-refractivity contribution in [1.82, 2.24) is 5.48 Å². The molecule has 130 valence electrons. The molecule has 6 nitrogen and oxygen atoms in total. The molecule has 7 heteroatoms. The molecule has 1 aliphatic heterocycles. The summed E-state index contributed by atoms with van der Waals surface area (Å²) in [7, 11) is 0. The van der Waals surface area contributed by atoms with Gasteiger partial charge in [0.2, 0.25) is 0 Å². The lowest BCUT2D eigenvalue weighted by molar-refractivity contribution is 0.0759. The average Bonchev–Trinajstić information content (AvgIpc) is 3.17. The quantitative estimate of drug-likeness (QED) is 0.644. The molecule has 2 aromatic carbocycles. The first-order valence-corrected chi connectivity index (χ1v) is 7.88. The van der Waals surface area contributed by atoms with Crippen LogP contribution < -0.4 is 15.2 Å². The van der Waals surface area contributed by atoms with Crippen LogP contribution in [0.3, 0.4) is 0 Å². The number of rotatable bonds is 5. The molecule has 0 atom stereocenters. The Morgan fingerprint density at radius 1 is 1.24 bits per heavy atom. The number of phenolic OH excluding ortho intramolecular Hbond substituents is 1. The maximum atomic E-state index is 13.5. The van der Waals surface area contributed by atoms with E-state index in [1.807, 2.05) is 12.1 Å². The minimum absolute atomic E-state index is 0.131. The largest absolute Gasteiger partial charge is 0.504 e. The van der Waals surface area contributed by atoms with Crippen molar-refractivity contribution in [3.63, 3.8) is 0 Å². The number of phenols is 1. The molecule has 0 saturated carbocycles. The van der Waals surface area contributed by atoms with Crippen LogP contribution in [0, 0.1) is 5.82 Å². The highest BCUT2D eigenvalue weighted by Crippen LogP contribution is 2.25. The third-order valence-corrected chi connectivity index (χ3v) is 4.03. The molecule has 1 saturated heterocycles. The number of aldehydes is 1. The standard InChI is InChI=1S/C18H17FN2O4/c19-16-9-12(8-13(11-22)17(16)23)18(24)20-25-15-5-3-4-14(10-15)21-6-1-2-7-21/h3-5,8-11,23H,1-2,6-7H2,(H,20,24). The minimum atomic E-state index is -1.05. The molecular weight excluding hydrogens is 327 g/mol. The number of hydroxylamine groups is 1. The molecule has 2 aromatic rings. The molecule has 0 unspecified atom stereocenters. The number of aromatic hydroxyl groups is 1. The van der Waals surface area contributed by atoms with Crippen molar-refractivity contribution in [2.24, 2.45) is 0 Å². The van der Waals surface area contributed by atoms with Crippen molar-refractivity contribution in [2.75, 3.05) is 18.0 Å². The molecule has 1 aliphatic rings. The van der Waals surface area contributed by atoms with E-state index in [2.05, 4.69) is 10.4 Å². The third-order valence-electron chi connectivity index (χ3n) is 4.03. The van der Waals surface area contributed by atoms with Gasteiger partial charge in [0.1, 0.15) is 0 Å². The maximum Gasteiger partial charge on any atom is 0.284 e. The van der Waals surface area contributed by atoms with E-state index in [-0.39, 0.29) is 17.4 Å². The monoisotopic (exact) mass is 344 g/mol. The predicted molar refractivity (Wildman–Crippen MR) is 89.4 cm³/mol. The maximum absolute atomic E-state index is 13.5. The summed E-state index contributed by atoms with van der Waals surface area (Å²) in [6, 6.07) is 9.20. The van der Waals surface area contributed by atoms with Gasteiger partial charge < -0.3 is 14.8 Å². The van der Waals surface area contributed by atoms with Gasteiger partial charge in [-0.15, -0.1) is 0 Å². The van der Waals surface area contributed by atoms with E-state index in [4.69, 9.17) is 4.84 Å². The first-order valence-electron chi connectivity index (χ1n) is 7.88. The van der Waals surface area contributed by atoms with Crippen LogP contribution in [0.15, 0.2) is 36.4 Å². The van der Waals surface area contributed by atoms with E-state index < -0.39 is 17.5 Å². The summed E-state index contributed by atoms with van der Waals surface area (Å²) in [6.45, 7) is 1.97. The Labute approximate surface area is 143 Å². The number of nitrogens with one attached hydrogen (secondary N) is 1. The van der Waals surface area contributed by atoms with Crippen LogP contribution in [0.25, 0.3) is 0 Å². The Morgan fingerprint density at radius 3 is 2.72 bits per heavy atom. The molecular formula is C18H17FN2O4. The fraction of sp³-hybridized carbons (Fsp3) is 0.222. The summed E-state index contributed by atoms with van der Waals surface area (Å²) in [4.78, 5) is 30.4. The summed E-state index contributed by atoms with van der Waals surface area (Å²) in [5.41, 5.74) is 2.78. The van der Waals surface area contributed by atoms with Crippen molar-refractivity contribution < 1.29 is 23.9 Å². The van der Waals surface area contributed by atoms with Gasteiger partial charge in [-0.2, -0.15) is 5.48 Å². The minimum Gasteiger partial charge on any atom is -0.504 e. The fourth-order valence-electron chi connectivity index (χ4n) is 2.72. The van der Waals surface area contributed by atoms with Gasteiger partial charge in [-0.3, -0.25) is 9.59 Å². The molecule has 1 fully saturated rings. The SMILES string of the molecule is O=Cc1cc(C(=O)NOc2cccc(N3CCCC3)c2)cc(F)c1O. The third kappa shape index (κ3) is 3.71. The zero-order valence-corrected chi connectivity index (χ0v) is 13.4. The van der Waals surface area contributed by atoms with Crippen molar-refractivity contribution >= 4 is 17.9 Å². The van der Waals surface area contributed by atoms with Crippen molar-refractivity contribution in [3.8, 4) is 11.5 Å². The highest BCUT2D eigenvalue weighted by Gasteiger charge is 2.16. The van der Waals surface area contributed by atoms with E-state index in [1.54, 1.807) is 12.1 Å². The summed E-state index contributed by atoms with van der Waals surface area (Å²) < 4.78 is 13.5.